The number of rotatable bonds is 4. The summed E-state index contributed by atoms with van der Waals surface area (Å²) in [7, 11) is 0. The molecule has 1 aliphatic heterocycles. The first-order valence-electron chi connectivity index (χ1n) is 9.46. The quantitative estimate of drug-likeness (QED) is 0.583. The van der Waals surface area contributed by atoms with E-state index in [9.17, 15) is 4.39 Å². The van der Waals surface area contributed by atoms with Crippen molar-refractivity contribution >= 4 is 22.5 Å². The number of anilines is 1. The van der Waals surface area contributed by atoms with Gasteiger partial charge < -0.3 is 10.1 Å². The van der Waals surface area contributed by atoms with E-state index in [0.29, 0.717) is 18.3 Å². The number of ether oxygens (including phenoxy) is 1. The number of fused-ring (bicyclic) bond motifs is 3. The zero-order valence-electron chi connectivity index (χ0n) is 15.5. The van der Waals surface area contributed by atoms with E-state index in [1.165, 1.54) is 12.1 Å². The Hall–Kier alpha value is -3.06. The zero-order chi connectivity index (χ0) is 19.1. The van der Waals surface area contributed by atoms with E-state index in [-0.39, 0.29) is 11.9 Å². The first-order chi connectivity index (χ1) is 13.7. The highest BCUT2D eigenvalue weighted by atomic mass is 19.1. The van der Waals surface area contributed by atoms with Gasteiger partial charge in [0.1, 0.15) is 5.82 Å². The Bertz CT molecular complexity index is 1150. The maximum Gasteiger partial charge on any atom is 0.211 e. The van der Waals surface area contributed by atoms with Crippen molar-refractivity contribution in [1.29, 1.82) is 0 Å². The minimum Gasteiger partial charge on any atom is -0.376 e. The normalized spacial score (nSPS) is 16.9. The van der Waals surface area contributed by atoms with Crippen molar-refractivity contribution in [3.63, 3.8) is 0 Å². The first kappa shape index (κ1) is 17.1. The molecule has 5 rings (SSSR count). The molecule has 28 heavy (non-hydrogen) atoms. The molecule has 4 aromatic rings. The van der Waals surface area contributed by atoms with Crippen LogP contribution in [0.5, 0.6) is 0 Å². The summed E-state index contributed by atoms with van der Waals surface area (Å²) >= 11 is 0. The van der Waals surface area contributed by atoms with Crippen LogP contribution < -0.4 is 5.32 Å². The van der Waals surface area contributed by atoms with Gasteiger partial charge in [0.2, 0.25) is 5.95 Å². The van der Waals surface area contributed by atoms with Crippen molar-refractivity contribution in [2.75, 3.05) is 18.5 Å². The van der Waals surface area contributed by atoms with E-state index in [4.69, 9.17) is 9.72 Å². The van der Waals surface area contributed by atoms with Crippen LogP contribution in [0.4, 0.5) is 10.3 Å². The topological polar surface area (TPSA) is 64.3 Å². The lowest BCUT2D eigenvalue weighted by molar-refractivity contribution is 0.120. The second kappa shape index (κ2) is 6.83. The fourth-order valence-corrected chi connectivity index (χ4v) is 3.66. The molecule has 7 heteroatoms. The lowest BCUT2D eigenvalue weighted by Crippen LogP contribution is -2.20. The minimum atomic E-state index is -0.284. The van der Waals surface area contributed by atoms with Gasteiger partial charge in [-0.25, -0.2) is 13.8 Å². The first-order valence-corrected chi connectivity index (χ1v) is 9.46. The summed E-state index contributed by atoms with van der Waals surface area (Å²) in [5.41, 5.74) is 3.49. The van der Waals surface area contributed by atoms with E-state index in [0.717, 1.165) is 47.1 Å². The molecule has 3 heterocycles. The van der Waals surface area contributed by atoms with Gasteiger partial charge in [0, 0.05) is 24.1 Å². The third-order valence-corrected chi connectivity index (χ3v) is 5.11. The molecular weight excluding hydrogens is 357 g/mol. The van der Waals surface area contributed by atoms with Crippen LogP contribution >= 0.6 is 0 Å². The summed E-state index contributed by atoms with van der Waals surface area (Å²) in [6, 6.07) is 12.3. The molecule has 142 valence electrons. The summed E-state index contributed by atoms with van der Waals surface area (Å²) < 4.78 is 21.0. The van der Waals surface area contributed by atoms with Gasteiger partial charge in [0.15, 0.2) is 11.5 Å². The Kier molecular flexibility index (Phi) is 4.16. The Labute approximate surface area is 161 Å². The molecule has 1 aliphatic rings. The SMILES string of the molecule is Cc1ccc2nc(NCC3CCCO3)n3c(-c4ccc(F)cc4)nnc3c2c1. The van der Waals surface area contributed by atoms with Crippen LogP contribution in [0, 0.1) is 12.7 Å². The van der Waals surface area contributed by atoms with E-state index >= 15 is 0 Å². The van der Waals surface area contributed by atoms with Gasteiger partial charge in [-0.2, -0.15) is 0 Å². The number of aromatic nitrogens is 4. The zero-order valence-corrected chi connectivity index (χ0v) is 15.5. The van der Waals surface area contributed by atoms with Gasteiger partial charge in [-0.05, 0) is 56.2 Å². The molecule has 1 fully saturated rings. The number of nitrogens with zero attached hydrogens (tertiary/aromatic N) is 4. The number of benzene rings is 2. The third-order valence-electron chi connectivity index (χ3n) is 5.11. The predicted octanol–water partition coefficient (Wildman–Crippen LogP) is 3.98. The average Bonchev–Trinajstić information content (AvgIpc) is 3.37. The molecule has 1 unspecified atom stereocenters. The van der Waals surface area contributed by atoms with E-state index in [1.807, 2.05) is 23.5 Å². The number of hydrogen-bond acceptors (Lipinski definition) is 5. The van der Waals surface area contributed by atoms with Crippen molar-refractivity contribution in [2.45, 2.75) is 25.9 Å². The average molecular weight is 377 g/mol. The highest BCUT2D eigenvalue weighted by Gasteiger charge is 2.19. The molecule has 6 nitrogen and oxygen atoms in total. The number of halogens is 1. The maximum absolute atomic E-state index is 13.4. The summed E-state index contributed by atoms with van der Waals surface area (Å²) in [5, 5.41) is 13.2. The van der Waals surface area contributed by atoms with Crippen molar-refractivity contribution < 1.29 is 9.13 Å². The van der Waals surface area contributed by atoms with Crippen molar-refractivity contribution in [3.8, 4) is 11.4 Å². The molecule has 1 N–H and O–H groups in total. The van der Waals surface area contributed by atoms with Crippen LogP contribution in [-0.4, -0.2) is 38.8 Å². The fourth-order valence-electron chi connectivity index (χ4n) is 3.66. The number of aryl methyl sites for hydroxylation is 1. The van der Waals surface area contributed by atoms with Gasteiger partial charge in [0.25, 0.3) is 0 Å². The number of nitrogens with one attached hydrogen (secondary N) is 1. The smallest absolute Gasteiger partial charge is 0.211 e. The highest BCUT2D eigenvalue weighted by Crippen LogP contribution is 2.28. The molecule has 0 bridgehead atoms. The van der Waals surface area contributed by atoms with Gasteiger partial charge in [-0.1, -0.05) is 11.6 Å². The van der Waals surface area contributed by atoms with Crippen molar-refractivity contribution in [2.24, 2.45) is 0 Å². The van der Waals surface area contributed by atoms with Crippen LogP contribution in [-0.2, 0) is 4.74 Å². The molecule has 0 radical (unpaired) electrons. The lowest BCUT2D eigenvalue weighted by Gasteiger charge is -2.14. The molecule has 1 saturated heterocycles. The van der Waals surface area contributed by atoms with Gasteiger partial charge in [-0.15, -0.1) is 10.2 Å². The summed E-state index contributed by atoms with van der Waals surface area (Å²) in [4.78, 5) is 4.82. The third kappa shape index (κ3) is 2.97. The fraction of sp³-hybridized carbons (Fsp3) is 0.286. The predicted molar refractivity (Wildman–Crippen MR) is 106 cm³/mol. The maximum atomic E-state index is 13.4. The van der Waals surface area contributed by atoms with E-state index in [2.05, 4.69) is 21.6 Å². The van der Waals surface area contributed by atoms with Gasteiger partial charge in [-0.3, -0.25) is 0 Å². The monoisotopic (exact) mass is 377 g/mol. The Balaban J connectivity index is 1.68. The van der Waals surface area contributed by atoms with Crippen LogP contribution in [0.15, 0.2) is 42.5 Å². The van der Waals surface area contributed by atoms with Crippen molar-refractivity contribution in [1.82, 2.24) is 19.6 Å². The highest BCUT2D eigenvalue weighted by molar-refractivity contribution is 5.93. The minimum absolute atomic E-state index is 0.177. The summed E-state index contributed by atoms with van der Waals surface area (Å²) in [6.45, 7) is 3.51. The molecule has 2 aromatic carbocycles. The van der Waals surface area contributed by atoms with E-state index in [1.54, 1.807) is 12.1 Å². The standard InChI is InChI=1S/C21H20FN5O/c1-13-4-9-18-17(11-13)20-26-25-19(14-5-7-15(22)8-6-14)27(20)21(24-18)23-12-16-3-2-10-28-16/h4-9,11,16H,2-3,10,12H2,1H3,(H,23,24). The second-order valence-corrected chi connectivity index (χ2v) is 7.16. The summed E-state index contributed by atoms with van der Waals surface area (Å²) in [5.74, 6) is 1.00. The summed E-state index contributed by atoms with van der Waals surface area (Å²) in [6.07, 6.45) is 2.30. The molecule has 0 aliphatic carbocycles. The molecule has 0 saturated carbocycles. The molecule has 0 amide bonds. The molecule has 2 aromatic heterocycles. The lowest BCUT2D eigenvalue weighted by atomic mass is 10.1. The second-order valence-electron chi connectivity index (χ2n) is 7.16. The van der Waals surface area contributed by atoms with Crippen molar-refractivity contribution in [3.05, 3.63) is 53.8 Å². The largest absolute Gasteiger partial charge is 0.376 e. The van der Waals surface area contributed by atoms with E-state index < -0.39 is 0 Å². The Morgan fingerprint density at radius 3 is 2.82 bits per heavy atom. The molecule has 0 spiro atoms. The van der Waals surface area contributed by atoms with Gasteiger partial charge >= 0.3 is 0 Å². The Morgan fingerprint density at radius 2 is 2.04 bits per heavy atom. The van der Waals surface area contributed by atoms with Crippen LogP contribution in [0.2, 0.25) is 0 Å². The number of hydrogen-bond donors (Lipinski definition) is 1. The van der Waals surface area contributed by atoms with Crippen LogP contribution in [0.25, 0.3) is 27.9 Å². The van der Waals surface area contributed by atoms with Crippen LogP contribution in [0.3, 0.4) is 0 Å². The molecular formula is C21H20FN5O. The van der Waals surface area contributed by atoms with Gasteiger partial charge in [0.05, 0.1) is 11.6 Å². The van der Waals surface area contributed by atoms with Crippen LogP contribution in [0.1, 0.15) is 18.4 Å². The Morgan fingerprint density at radius 1 is 1.18 bits per heavy atom. The molecule has 1 atom stereocenters.